The topological polar surface area (TPSA) is 30.0 Å². The van der Waals surface area contributed by atoms with Crippen molar-refractivity contribution >= 4 is 12.6 Å². The summed E-state index contributed by atoms with van der Waals surface area (Å²) in [5, 5.41) is 0. The van der Waals surface area contributed by atoms with E-state index in [4.69, 9.17) is 0 Å². The van der Waals surface area contributed by atoms with Gasteiger partial charge in [-0.1, -0.05) is 0 Å². The Morgan fingerprint density at radius 1 is 1.67 bits per heavy atom. The van der Waals surface area contributed by atoms with Crippen molar-refractivity contribution in [3.05, 3.63) is 24.3 Å². The molecule has 0 aliphatic heterocycles. The number of nitrogens with zero attached hydrogens (tertiary/aromatic N) is 1. The van der Waals surface area contributed by atoms with Gasteiger partial charge in [0.1, 0.15) is 0 Å². The fourth-order valence-electron chi connectivity index (χ4n) is 0.486. The van der Waals surface area contributed by atoms with E-state index in [2.05, 4.69) is 4.98 Å². The van der Waals surface area contributed by atoms with Crippen molar-refractivity contribution in [3.63, 3.8) is 0 Å². The fourth-order valence-corrected chi connectivity index (χ4v) is 0.486. The van der Waals surface area contributed by atoms with Crippen molar-refractivity contribution in [2.45, 2.75) is 0 Å². The number of halogens is 1. The average Bonchev–Trinajstić information content (AvgIpc) is 1.89. The van der Waals surface area contributed by atoms with Crippen LogP contribution in [0.3, 0.4) is 0 Å². The molecule has 1 rings (SSSR count). The zero-order chi connectivity index (χ0) is 6.69. The van der Waals surface area contributed by atoms with Gasteiger partial charge in [-0.15, -0.1) is 0 Å². The molecular weight excluding hydrogens is 120 g/mol. The van der Waals surface area contributed by atoms with Crippen LogP contribution in [0.4, 0.5) is 4.39 Å². The molecule has 9 heavy (non-hydrogen) atoms. The molecule has 0 bridgehead atoms. The van der Waals surface area contributed by atoms with Gasteiger partial charge in [0.25, 0.3) is 0 Å². The maximum atomic E-state index is 12.2. The number of hydrogen-bond donors (Lipinski definition) is 0. The Labute approximate surface area is 52.0 Å². The van der Waals surface area contributed by atoms with E-state index in [9.17, 15) is 9.10 Å². The van der Waals surface area contributed by atoms with E-state index in [0.717, 1.165) is 0 Å². The van der Waals surface area contributed by atoms with Crippen LogP contribution in [0, 0.1) is 5.95 Å². The summed E-state index contributed by atoms with van der Waals surface area (Å²) >= 11 is 0. The standard InChI is InChI=1S/C5H3BFNO/c7-5-4(6-9)2-1-3-8-5/h1-3H. The first-order valence-corrected chi connectivity index (χ1v) is 2.40. The summed E-state index contributed by atoms with van der Waals surface area (Å²) in [6, 6.07) is 2.88. The quantitative estimate of drug-likeness (QED) is 0.385. The first kappa shape index (κ1) is 6.07. The molecule has 0 unspecified atom stereocenters. The first-order valence-electron chi connectivity index (χ1n) is 2.40. The molecule has 4 heteroatoms. The van der Waals surface area contributed by atoms with Crippen LogP contribution in [-0.4, -0.2) is 12.1 Å². The molecule has 0 fully saturated rings. The van der Waals surface area contributed by atoms with Crippen LogP contribution >= 0.6 is 0 Å². The van der Waals surface area contributed by atoms with Crippen molar-refractivity contribution in [3.8, 4) is 0 Å². The number of hydrogen-bond acceptors (Lipinski definition) is 2. The van der Waals surface area contributed by atoms with Gasteiger partial charge in [0.05, 0.1) is 0 Å². The van der Waals surface area contributed by atoms with Crippen LogP contribution < -0.4 is 5.46 Å². The van der Waals surface area contributed by atoms with Gasteiger partial charge < -0.3 is 0 Å². The van der Waals surface area contributed by atoms with Gasteiger partial charge in [-0.05, 0) is 0 Å². The molecule has 0 amide bonds. The van der Waals surface area contributed by atoms with Gasteiger partial charge in [0.15, 0.2) is 0 Å². The Hall–Kier alpha value is -1.06. The molecule has 44 valence electrons. The van der Waals surface area contributed by atoms with E-state index in [1.807, 2.05) is 0 Å². The second-order valence-electron chi connectivity index (χ2n) is 1.50. The summed E-state index contributed by atoms with van der Waals surface area (Å²) < 4.78 is 22.2. The summed E-state index contributed by atoms with van der Waals surface area (Å²) in [4.78, 5) is 3.25. The van der Waals surface area contributed by atoms with Crippen molar-refractivity contribution in [1.82, 2.24) is 4.98 Å². The molecule has 0 aliphatic rings. The predicted molar refractivity (Wildman–Crippen MR) is 30.3 cm³/mol. The van der Waals surface area contributed by atoms with Crippen molar-refractivity contribution < 1.29 is 9.10 Å². The molecule has 0 aromatic carbocycles. The van der Waals surface area contributed by atoms with E-state index in [1.165, 1.54) is 18.3 Å². The monoisotopic (exact) mass is 123 g/mol. The molecule has 0 N–H and O–H groups in total. The molecule has 0 saturated carbocycles. The molecular formula is C5H3BFNO. The molecule has 0 spiro atoms. The van der Waals surface area contributed by atoms with Gasteiger partial charge >= 0.3 is 51.0 Å². The van der Waals surface area contributed by atoms with Gasteiger partial charge in [0, 0.05) is 0 Å². The summed E-state index contributed by atoms with van der Waals surface area (Å²) in [5.41, 5.74) is -0.00231. The maximum absolute atomic E-state index is 12.2. The van der Waals surface area contributed by atoms with E-state index in [-0.39, 0.29) is 5.46 Å². The third-order valence-electron chi connectivity index (χ3n) is 0.915. The molecule has 0 aliphatic carbocycles. The average molecular weight is 123 g/mol. The Kier molecular flexibility index (Phi) is 1.67. The number of rotatable bonds is 1. The summed E-state index contributed by atoms with van der Waals surface area (Å²) in [6.45, 7) is 0. The first-order chi connectivity index (χ1) is 4.34. The van der Waals surface area contributed by atoms with Crippen LogP contribution in [0.5, 0.6) is 0 Å². The van der Waals surface area contributed by atoms with Gasteiger partial charge in [-0.2, -0.15) is 0 Å². The molecule has 2 nitrogen and oxygen atoms in total. The third-order valence-corrected chi connectivity index (χ3v) is 0.915. The third kappa shape index (κ3) is 1.19. The summed E-state index contributed by atoms with van der Waals surface area (Å²) in [5.74, 6) is -0.715. The molecule has 1 heterocycles. The number of aromatic nitrogens is 1. The fraction of sp³-hybridized carbons (Fsp3) is 0. The Bertz CT molecular complexity index is 228. The minimum absolute atomic E-state index is 0.00231. The van der Waals surface area contributed by atoms with E-state index < -0.39 is 5.95 Å². The molecule has 0 saturated heterocycles. The summed E-state index contributed by atoms with van der Waals surface area (Å²) in [7, 11) is 0.433. The predicted octanol–water partition coefficient (Wildman–Crippen LogP) is -0.104. The van der Waals surface area contributed by atoms with Crippen LogP contribution in [0.25, 0.3) is 0 Å². The zero-order valence-electron chi connectivity index (χ0n) is 4.54. The van der Waals surface area contributed by atoms with Crippen molar-refractivity contribution in [2.24, 2.45) is 0 Å². The Morgan fingerprint density at radius 2 is 2.44 bits per heavy atom. The second-order valence-corrected chi connectivity index (χ2v) is 1.50. The van der Waals surface area contributed by atoms with Crippen LogP contribution in [0.1, 0.15) is 0 Å². The number of pyridine rings is 1. The molecule has 1 aromatic heterocycles. The Balaban J connectivity index is 3.15. The van der Waals surface area contributed by atoms with Crippen LogP contribution in [-0.2, 0) is 4.70 Å². The van der Waals surface area contributed by atoms with Gasteiger partial charge in [-0.3, -0.25) is 0 Å². The summed E-state index contributed by atoms with van der Waals surface area (Å²) in [6.07, 6.45) is 1.29. The molecule has 0 radical (unpaired) electrons. The molecule has 1 aromatic rings. The van der Waals surface area contributed by atoms with Crippen molar-refractivity contribution in [2.75, 3.05) is 0 Å². The van der Waals surface area contributed by atoms with Crippen LogP contribution in [0.2, 0.25) is 0 Å². The van der Waals surface area contributed by atoms with Crippen molar-refractivity contribution in [1.29, 1.82) is 0 Å². The van der Waals surface area contributed by atoms with Gasteiger partial charge in [0.2, 0.25) is 0 Å². The van der Waals surface area contributed by atoms with Gasteiger partial charge in [-0.25, -0.2) is 0 Å². The molecule has 0 atom stereocenters. The second kappa shape index (κ2) is 2.48. The van der Waals surface area contributed by atoms with E-state index in [1.54, 1.807) is 0 Å². The Morgan fingerprint density at radius 3 is 2.89 bits per heavy atom. The SMILES string of the molecule is O=Bc1cccnc1F. The van der Waals surface area contributed by atoms with E-state index in [0.29, 0.717) is 7.15 Å². The zero-order valence-corrected chi connectivity index (χ0v) is 4.54. The minimum atomic E-state index is -0.715. The van der Waals surface area contributed by atoms with Crippen LogP contribution in [0.15, 0.2) is 18.3 Å². The normalized spacial score (nSPS) is 8.56. The van der Waals surface area contributed by atoms with E-state index >= 15 is 0 Å².